The first-order valence-corrected chi connectivity index (χ1v) is 13.8. The van der Waals surface area contributed by atoms with E-state index >= 15 is 0 Å². The number of unbranched alkanes of at least 4 members (excludes halogenated alkanes) is 3. The molecule has 7 heteroatoms. The number of benzene rings is 3. The van der Waals surface area contributed by atoms with E-state index in [4.69, 9.17) is 19.2 Å². The molecule has 0 saturated heterocycles. The molecule has 0 aliphatic heterocycles. The number of aryl methyl sites for hydroxylation is 2. The standard InChI is InChI=1S/C32H39N3O4/c1-37-26-15-13-25(14-16-26)24-32(36)33-21-7-3-4-12-31-34-29-10-5-6-11-30(29)35(31)22-8-9-23-39-28-19-17-27(38-2)18-20-28/h5-6,10-11,13-20H,3-4,7-9,12,21-24H2,1-2H3,(H,33,36). The Kier molecular flexibility index (Phi) is 10.6. The van der Waals surface area contributed by atoms with Gasteiger partial charge >= 0.3 is 0 Å². The first kappa shape index (κ1) is 28.0. The highest BCUT2D eigenvalue weighted by Gasteiger charge is 2.10. The number of carbonyl (C=O) groups is 1. The van der Waals surface area contributed by atoms with E-state index in [1.807, 2.05) is 54.6 Å². The van der Waals surface area contributed by atoms with Crippen molar-refractivity contribution < 1.29 is 19.0 Å². The zero-order chi connectivity index (χ0) is 27.3. The molecule has 7 nitrogen and oxygen atoms in total. The number of aromatic nitrogens is 2. The topological polar surface area (TPSA) is 74.6 Å². The molecule has 4 aromatic rings. The SMILES string of the molecule is COc1ccc(CC(=O)NCCCCCc2nc3ccccc3n2CCCCOc2ccc(OC)cc2)cc1. The number of rotatable bonds is 16. The zero-order valence-corrected chi connectivity index (χ0v) is 23.0. The molecule has 1 aromatic heterocycles. The van der Waals surface area contributed by atoms with Gasteiger partial charge in [-0.05, 0) is 79.8 Å². The Balaban J connectivity index is 1.17. The third kappa shape index (κ3) is 8.50. The molecule has 0 atom stereocenters. The van der Waals surface area contributed by atoms with Crippen LogP contribution in [-0.2, 0) is 24.2 Å². The van der Waals surface area contributed by atoms with Gasteiger partial charge < -0.3 is 24.1 Å². The second-order valence-corrected chi connectivity index (χ2v) is 9.58. The van der Waals surface area contributed by atoms with E-state index in [9.17, 15) is 4.79 Å². The van der Waals surface area contributed by atoms with Crippen molar-refractivity contribution in [2.45, 2.75) is 51.5 Å². The summed E-state index contributed by atoms with van der Waals surface area (Å²) in [4.78, 5) is 17.2. The summed E-state index contributed by atoms with van der Waals surface area (Å²) < 4.78 is 18.6. The maximum absolute atomic E-state index is 12.2. The van der Waals surface area contributed by atoms with Crippen molar-refractivity contribution in [2.24, 2.45) is 0 Å². The van der Waals surface area contributed by atoms with E-state index in [-0.39, 0.29) is 5.91 Å². The molecule has 0 bridgehead atoms. The van der Waals surface area contributed by atoms with Gasteiger partial charge in [-0.25, -0.2) is 4.98 Å². The fourth-order valence-electron chi connectivity index (χ4n) is 4.60. The van der Waals surface area contributed by atoms with Crippen LogP contribution in [0.2, 0.25) is 0 Å². The lowest BCUT2D eigenvalue weighted by Gasteiger charge is -2.11. The highest BCUT2D eigenvalue weighted by molar-refractivity contribution is 5.78. The third-order valence-electron chi connectivity index (χ3n) is 6.76. The van der Waals surface area contributed by atoms with Gasteiger partial charge in [-0.3, -0.25) is 4.79 Å². The molecule has 0 saturated carbocycles. The molecular formula is C32H39N3O4. The molecule has 0 radical (unpaired) electrons. The van der Waals surface area contributed by atoms with Crippen LogP contribution in [-0.4, -0.2) is 42.8 Å². The van der Waals surface area contributed by atoms with Gasteiger partial charge in [-0.2, -0.15) is 0 Å². The minimum Gasteiger partial charge on any atom is -0.497 e. The van der Waals surface area contributed by atoms with Gasteiger partial charge in [-0.1, -0.05) is 30.7 Å². The van der Waals surface area contributed by atoms with Crippen molar-refractivity contribution >= 4 is 16.9 Å². The number of amides is 1. The predicted octanol–water partition coefficient (Wildman–Crippen LogP) is 5.98. The monoisotopic (exact) mass is 529 g/mol. The van der Waals surface area contributed by atoms with Crippen LogP contribution in [0.5, 0.6) is 17.2 Å². The first-order chi connectivity index (χ1) is 19.2. The molecule has 3 aromatic carbocycles. The molecule has 1 amide bonds. The molecule has 39 heavy (non-hydrogen) atoms. The van der Waals surface area contributed by atoms with Gasteiger partial charge in [0.2, 0.25) is 5.91 Å². The number of carbonyl (C=O) groups excluding carboxylic acids is 1. The minimum atomic E-state index is 0.0536. The maximum atomic E-state index is 12.2. The van der Waals surface area contributed by atoms with Crippen LogP contribution in [0.25, 0.3) is 11.0 Å². The number of hydrogen-bond donors (Lipinski definition) is 1. The summed E-state index contributed by atoms with van der Waals surface area (Å²) in [7, 11) is 3.30. The van der Waals surface area contributed by atoms with Crippen LogP contribution in [0, 0.1) is 0 Å². The Labute approximate surface area is 231 Å². The quantitative estimate of drug-likeness (QED) is 0.181. The van der Waals surface area contributed by atoms with Crippen molar-refractivity contribution in [3.63, 3.8) is 0 Å². The Hall–Kier alpha value is -4.00. The van der Waals surface area contributed by atoms with Crippen molar-refractivity contribution in [1.29, 1.82) is 0 Å². The third-order valence-corrected chi connectivity index (χ3v) is 6.76. The van der Waals surface area contributed by atoms with E-state index < -0.39 is 0 Å². The van der Waals surface area contributed by atoms with Crippen LogP contribution < -0.4 is 19.5 Å². The number of ether oxygens (including phenoxy) is 3. The summed E-state index contributed by atoms with van der Waals surface area (Å²) in [6.45, 7) is 2.29. The van der Waals surface area contributed by atoms with E-state index in [0.29, 0.717) is 19.6 Å². The first-order valence-electron chi connectivity index (χ1n) is 13.8. The lowest BCUT2D eigenvalue weighted by atomic mass is 10.1. The average Bonchev–Trinajstić information content (AvgIpc) is 3.32. The van der Waals surface area contributed by atoms with Crippen LogP contribution >= 0.6 is 0 Å². The highest BCUT2D eigenvalue weighted by atomic mass is 16.5. The van der Waals surface area contributed by atoms with E-state index in [1.165, 1.54) is 5.52 Å². The second-order valence-electron chi connectivity index (χ2n) is 9.58. The number of methoxy groups -OCH3 is 2. The normalized spacial score (nSPS) is 10.9. The van der Waals surface area contributed by atoms with Crippen LogP contribution in [0.4, 0.5) is 0 Å². The highest BCUT2D eigenvalue weighted by Crippen LogP contribution is 2.20. The number of nitrogens with zero attached hydrogens (tertiary/aromatic N) is 2. The van der Waals surface area contributed by atoms with Crippen molar-refractivity contribution in [1.82, 2.24) is 14.9 Å². The molecule has 0 spiro atoms. The molecule has 0 fully saturated rings. The summed E-state index contributed by atoms with van der Waals surface area (Å²) in [5.74, 6) is 3.68. The largest absolute Gasteiger partial charge is 0.497 e. The minimum absolute atomic E-state index is 0.0536. The predicted molar refractivity (Wildman–Crippen MR) is 155 cm³/mol. The van der Waals surface area contributed by atoms with Crippen LogP contribution in [0.3, 0.4) is 0 Å². The fraction of sp³-hybridized carbons (Fsp3) is 0.375. The lowest BCUT2D eigenvalue weighted by molar-refractivity contribution is -0.120. The maximum Gasteiger partial charge on any atom is 0.224 e. The number of fused-ring (bicyclic) bond motifs is 1. The summed E-state index contributed by atoms with van der Waals surface area (Å²) in [6, 6.07) is 23.7. The van der Waals surface area contributed by atoms with Gasteiger partial charge in [0.1, 0.15) is 23.1 Å². The molecule has 1 N–H and O–H groups in total. The van der Waals surface area contributed by atoms with Gasteiger partial charge in [0.05, 0.1) is 38.3 Å². The van der Waals surface area contributed by atoms with Gasteiger partial charge in [-0.15, -0.1) is 0 Å². The van der Waals surface area contributed by atoms with Crippen molar-refractivity contribution in [2.75, 3.05) is 27.4 Å². The fourth-order valence-corrected chi connectivity index (χ4v) is 4.60. The lowest BCUT2D eigenvalue weighted by Crippen LogP contribution is -2.26. The Morgan fingerprint density at radius 3 is 2.23 bits per heavy atom. The van der Waals surface area contributed by atoms with Gasteiger partial charge in [0, 0.05) is 19.5 Å². The average molecular weight is 530 g/mol. The Morgan fingerprint density at radius 2 is 1.49 bits per heavy atom. The summed E-state index contributed by atoms with van der Waals surface area (Å²) in [5.41, 5.74) is 3.22. The van der Waals surface area contributed by atoms with Gasteiger partial charge in [0.15, 0.2) is 0 Å². The molecule has 0 aliphatic rings. The molecule has 1 heterocycles. The molecule has 206 valence electrons. The molecule has 4 rings (SSSR count). The van der Waals surface area contributed by atoms with Crippen LogP contribution in [0.1, 0.15) is 43.5 Å². The van der Waals surface area contributed by atoms with Gasteiger partial charge in [0.25, 0.3) is 0 Å². The van der Waals surface area contributed by atoms with E-state index in [0.717, 1.165) is 79.2 Å². The number of para-hydroxylation sites is 2. The van der Waals surface area contributed by atoms with E-state index in [1.54, 1.807) is 14.2 Å². The Morgan fingerprint density at radius 1 is 0.795 bits per heavy atom. The van der Waals surface area contributed by atoms with Crippen LogP contribution in [0.15, 0.2) is 72.8 Å². The summed E-state index contributed by atoms with van der Waals surface area (Å²) >= 11 is 0. The summed E-state index contributed by atoms with van der Waals surface area (Å²) in [5, 5.41) is 3.04. The summed E-state index contributed by atoms with van der Waals surface area (Å²) in [6.07, 6.45) is 6.34. The van der Waals surface area contributed by atoms with Crippen molar-refractivity contribution in [3.05, 3.63) is 84.2 Å². The molecule has 0 aliphatic carbocycles. The number of imidazole rings is 1. The Bertz CT molecular complexity index is 1300. The smallest absolute Gasteiger partial charge is 0.224 e. The van der Waals surface area contributed by atoms with E-state index in [2.05, 4.69) is 28.1 Å². The number of hydrogen-bond acceptors (Lipinski definition) is 5. The zero-order valence-electron chi connectivity index (χ0n) is 23.0. The molecular weight excluding hydrogens is 490 g/mol. The molecule has 0 unspecified atom stereocenters. The van der Waals surface area contributed by atoms with Crippen molar-refractivity contribution in [3.8, 4) is 17.2 Å². The second kappa shape index (κ2) is 14.8. The number of nitrogens with one attached hydrogen (secondary N) is 1.